The van der Waals surface area contributed by atoms with Crippen molar-refractivity contribution in [2.75, 3.05) is 19.6 Å². The average Bonchev–Trinajstić information content (AvgIpc) is 2.69. The summed E-state index contributed by atoms with van der Waals surface area (Å²) in [6.07, 6.45) is 1.58. The van der Waals surface area contributed by atoms with Crippen LogP contribution in [0.1, 0.15) is 24.3 Å². The Labute approximate surface area is 106 Å². The standard InChI is InChI=1S/C14H17FN2O/c15-12-4-2-1-3-10(12)11-9-17-13(18)14(11)5-7-16-8-6-14/h1-4,11,16H,5-9H2,(H,17,18). The summed E-state index contributed by atoms with van der Waals surface area (Å²) in [6, 6.07) is 6.82. The maximum Gasteiger partial charge on any atom is 0.227 e. The second-order valence-corrected chi connectivity index (χ2v) is 5.19. The Bertz CT molecular complexity index is 469. The summed E-state index contributed by atoms with van der Waals surface area (Å²) in [4.78, 5) is 12.2. The zero-order valence-corrected chi connectivity index (χ0v) is 10.2. The van der Waals surface area contributed by atoms with E-state index in [9.17, 15) is 9.18 Å². The van der Waals surface area contributed by atoms with Gasteiger partial charge >= 0.3 is 0 Å². The molecule has 2 aliphatic heterocycles. The molecule has 18 heavy (non-hydrogen) atoms. The number of carbonyl (C=O) groups is 1. The summed E-state index contributed by atoms with van der Waals surface area (Å²) in [5.41, 5.74) is 0.269. The molecule has 2 heterocycles. The topological polar surface area (TPSA) is 41.1 Å². The Morgan fingerprint density at radius 2 is 1.94 bits per heavy atom. The Balaban J connectivity index is 2.01. The Morgan fingerprint density at radius 3 is 2.67 bits per heavy atom. The second-order valence-electron chi connectivity index (χ2n) is 5.19. The van der Waals surface area contributed by atoms with Crippen LogP contribution in [0.3, 0.4) is 0 Å². The van der Waals surface area contributed by atoms with Crippen LogP contribution in [0.4, 0.5) is 4.39 Å². The van der Waals surface area contributed by atoms with Gasteiger partial charge in [0.25, 0.3) is 0 Å². The molecule has 1 amide bonds. The molecule has 0 saturated carbocycles. The predicted octanol–water partition coefficient (Wildman–Crippen LogP) is 1.41. The van der Waals surface area contributed by atoms with E-state index in [4.69, 9.17) is 0 Å². The lowest BCUT2D eigenvalue weighted by Crippen LogP contribution is -2.44. The van der Waals surface area contributed by atoms with E-state index in [2.05, 4.69) is 10.6 Å². The Morgan fingerprint density at radius 1 is 1.22 bits per heavy atom. The van der Waals surface area contributed by atoms with E-state index in [0.717, 1.165) is 25.9 Å². The first-order valence-corrected chi connectivity index (χ1v) is 6.47. The van der Waals surface area contributed by atoms with Crippen molar-refractivity contribution >= 4 is 5.91 Å². The van der Waals surface area contributed by atoms with Gasteiger partial charge in [-0.2, -0.15) is 0 Å². The van der Waals surface area contributed by atoms with Crippen LogP contribution in [0.2, 0.25) is 0 Å². The molecule has 0 aliphatic carbocycles. The van der Waals surface area contributed by atoms with Crippen LogP contribution in [-0.4, -0.2) is 25.5 Å². The van der Waals surface area contributed by atoms with Crippen molar-refractivity contribution in [1.29, 1.82) is 0 Å². The number of rotatable bonds is 1. The molecule has 96 valence electrons. The number of amides is 1. The zero-order valence-electron chi connectivity index (χ0n) is 10.2. The summed E-state index contributed by atoms with van der Waals surface area (Å²) in [7, 11) is 0. The molecular weight excluding hydrogens is 231 g/mol. The average molecular weight is 248 g/mol. The second kappa shape index (κ2) is 4.35. The van der Waals surface area contributed by atoms with Gasteiger partial charge in [-0.1, -0.05) is 18.2 Å². The van der Waals surface area contributed by atoms with Crippen molar-refractivity contribution < 1.29 is 9.18 Å². The molecule has 0 aromatic heterocycles. The fourth-order valence-corrected chi connectivity index (χ4v) is 3.34. The summed E-state index contributed by atoms with van der Waals surface area (Å²) < 4.78 is 14.0. The normalized spacial score (nSPS) is 26.3. The highest BCUT2D eigenvalue weighted by molar-refractivity contribution is 5.86. The van der Waals surface area contributed by atoms with Gasteiger partial charge in [-0.15, -0.1) is 0 Å². The van der Waals surface area contributed by atoms with Crippen LogP contribution in [0.5, 0.6) is 0 Å². The molecule has 4 heteroatoms. The molecule has 1 aromatic rings. The van der Waals surface area contributed by atoms with Crippen LogP contribution in [0, 0.1) is 11.2 Å². The van der Waals surface area contributed by atoms with Gasteiger partial charge < -0.3 is 10.6 Å². The van der Waals surface area contributed by atoms with Crippen LogP contribution in [0.15, 0.2) is 24.3 Å². The van der Waals surface area contributed by atoms with Gasteiger partial charge in [0.2, 0.25) is 5.91 Å². The minimum absolute atomic E-state index is 0.0340. The summed E-state index contributed by atoms with van der Waals surface area (Å²) >= 11 is 0. The highest BCUT2D eigenvalue weighted by atomic mass is 19.1. The number of piperidine rings is 1. The number of benzene rings is 1. The van der Waals surface area contributed by atoms with Gasteiger partial charge in [-0.25, -0.2) is 4.39 Å². The smallest absolute Gasteiger partial charge is 0.227 e. The molecule has 1 atom stereocenters. The third-order valence-corrected chi connectivity index (χ3v) is 4.36. The quantitative estimate of drug-likeness (QED) is 0.789. The van der Waals surface area contributed by atoms with Crippen molar-refractivity contribution in [1.82, 2.24) is 10.6 Å². The van der Waals surface area contributed by atoms with Gasteiger partial charge in [-0.05, 0) is 37.6 Å². The number of hydrogen-bond donors (Lipinski definition) is 2. The van der Waals surface area contributed by atoms with Gasteiger partial charge in [0, 0.05) is 12.5 Å². The predicted molar refractivity (Wildman–Crippen MR) is 66.7 cm³/mol. The SMILES string of the molecule is O=C1NCC(c2ccccc2F)C12CCNCC2. The minimum atomic E-state index is -0.409. The van der Waals surface area contributed by atoms with Crippen molar-refractivity contribution in [3.05, 3.63) is 35.6 Å². The zero-order chi connectivity index (χ0) is 12.6. The highest BCUT2D eigenvalue weighted by Gasteiger charge is 2.51. The fraction of sp³-hybridized carbons (Fsp3) is 0.500. The van der Waals surface area contributed by atoms with Gasteiger partial charge in [0.05, 0.1) is 5.41 Å². The summed E-state index contributed by atoms with van der Waals surface area (Å²) in [6.45, 7) is 2.22. The van der Waals surface area contributed by atoms with Crippen molar-refractivity contribution in [3.63, 3.8) is 0 Å². The lowest BCUT2D eigenvalue weighted by Gasteiger charge is -2.36. The van der Waals surface area contributed by atoms with E-state index in [1.165, 1.54) is 6.07 Å². The highest BCUT2D eigenvalue weighted by Crippen LogP contribution is 2.46. The van der Waals surface area contributed by atoms with E-state index >= 15 is 0 Å². The van der Waals surface area contributed by atoms with E-state index in [-0.39, 0.29) is 17.6 Å². The third-order valence-electron chi connectivity index (χ3n) is 4.36. The van der Waals surface area contributed by atoms with Crippen molar-refractivity contribution in [2.45, 2.75) is 18.8 Å². The van der Waals surface area contributed by atoms with E-state index in [0.29, 0.717) is 12.1 Å². The number of halogens is 1. The molecule has 3 nitrogen and oxygen atoms in total. The third kappa shape index (κ3) is 1.63. The number of carbonyl (C=O) groups excluding carboxylic acids is 1. The summed E-state index contributed by atoms with van der Waals surface area (Å²) in [5, 5.41) is 6.19. The van der Waals surface area contributed by atoms with Gasteiger partial charge in [-0.3, -0.25) is 4.79 Å². The van der Waals surface area contributed by atoms with Crippen LogP contribution >= 0.6 is 0 Å². The fourth-order valence-electron chi connectivity index (χ4n) is 3.34. The van der Waals surface area contributed by atoms with Gasteiger partial charge in [0.1, 0.15) is 5.82 Å². The molecule has 2 saturated heterocycles. The number of hydrogen-bond acceptors (Lipinski definition) is 2. The van der Waals surface area contributed by atoms with E-state index in [1.807, 2.05) is 12.1 Å². The first kappa shape index (κ1) is 11.7. The molecule has 1 spiro atoms. The molecule has 1 aromatic carbocycles. The molecule has 2 aliphatic rings. The maximum absolute atomic E-state index is 14.0. The molecule has 2 N–H and O–H groups in total. The summed E-state index contributed by atoms with van der Waals surface area (Å²) in [5.74, 6) is -0.137. The van der Waals surface area contributed by atoms with Gasteiger partial charge in [0.15, 0.2) is 0 Å². The largest absolute Gasteiger partial charge is 0.355 e. The molecule has 3 rings (SSSR count). The Kier molecular flexibility index (Phi) is 2.82. The van der Waals surface area contributed by atoms with Crippen molar-refractivity contribution in [2.24, 2.45) is 5.41 Å². The molecular formula is C14H17FN2O. The lowest BCUT2D eigenvalue weighted by molar-refractivity contribution is -0.129. The van der Waals surface area contributed by atoms with E-state index in [1.54, 1.807) is 6.07 Å². The minimum Gasteiger partial charge on any atom is -0.355 e. The van der Waals surface area contributed by atoms with Crippen LogP contribution in [-0.2, 0) is 4.79 Å². The molecule has 0 radical (unpaired) electrons. The molecule has 2 fully saturated rings. The first-order chi connectivity index (χ1) is 8.74. The van der Waals surface area contributed by atoms with E-state index < -0.39 is 5.41 Å². The van der Waals surface area contributed by atoms with Crippen LogP contribution in [0.25, 0.3) is 0 Å². The van der Waals surface area contributed by atoms with Crippen LogP contribution < -0.4 is 10.6 Å². The lowest BCUT2D eigenvalue weighted by atomic mass is 9.68. The monoisotopic (exact) mass is 248 g/mol. The maximum atomic E-state index is 14.0. The van der Waals surface area contributed by atoms with Crippen molar-refractivity contribution in [3.8, 4) is 0 Å². The Hall–Kier alpha value is -1.42. The molecule has 1 unspecified atom stereocenters. The number of nitrogens with one attached hydrogen (secondary N) is 2. The molecule has 0 bridgehead atoms. The first-order valence-electron chi connectivity index (χ1n) is 6.47.